The van der Waals surface area contributed by atoms with Gasteiger partial charge in [-0.2, -0.15) is 4.98 Å². The van der Waals surface area contributed by atoms with Gasteiger partial charge in [0.1, 0.15) is 22.9 Å². The number of anilines is 2. The number of hydrogen-bond acceptors (Lipinski definition) is 7. The van der Waals surface area contributed by atoms with Crippen LogP contribution in [0.15, 0.2) is 36.9 Å². The minimum atomic E-state index is -0.834. The van der Waals surface area contributed by atoms with Crippen LogP contribution in [0.25, 0.3) is 22.0 Å². The Kier molecular flexibility index (Phi) is 7.70. The Morgan fingerprint density at radius 2 is 1.90 bits per heavy atom. The number of benzene rings is 2. The first kappa shape index (κ1) is 27.7. The van der Waals surface area contributed by atoms with Gasteiger partial charge in [-0.25, -0.2) is 13.8 Å². The zero-order valence-electron chi connectivity index (χ0n) is 22.8. The Morgan fingerprint density at radius 3 is 2.61 bits per heavy atom. The quantitative estimate of drug-likeness (QED) is 0.377. The number of piperazine rings is 1. The van der Waals surface area contributed by atoms with Crippen molar-refractivity contribution in [2.24, 2.45) is 5.92 Å². The molecule has 3 aromatic rings. The van der Waals surface area contributed by atoms with E-state index < -0.39 is 17.4 Å². The molecule has 2 aromatic carbocycles. The van der Waals surface area contributed by atoms with E-state index in [-0.39, 0.29) is 39.6 Å². The number of aromatic hydroxyl groups is 1. The van der Waals surface area contributed by atoms with Gasteiger partial charge in [0.25, 0.3) is 0 Å². The van der Waals surface area contributed by atoms with E-state index in [4.69, 9.17) is 16.6 Å². The van der Waals surface area contributed by atoms with Gasteiger partial charge in [-0.1, -0.05) is 24.2 Å². The molecule has 2 N–H and O–H groups in total. The predicted molar refractivity (Wildman–Crippen MR) is 156 cm³/mol. The number of carbonyl (C=O) groups excluding carboxylic acids is 1. The normalized spacial score (nSPS) is 19.9. The maximum Gasteiger partial charge on any atom is 0.246 e. The van der Waals surface area contributed by atoms with E-state index in [1.165, 1.54) is 37.1 Å². The van der Waals surface area contributed by atoms with E-state index in [0.717, 1.165) is 44.5 Å². The van der Waals surface area contributed by atoms with E-state index in [0.29, 0.717) is 37.4 Å². The van der Waals surface area contributed by atoms with Crippen molar-refractivity contribution < 1.29 is 18.7 Å². The number of rotatable bonds is 7. The minimum Gasteiger partial charge on any atom is -0.507 e. The Morgan fingerprint density at radius 1 is 1.12 bits per heavy atom. The molecule has 0 radical (unpaired) electrons. The molecule has 3 aliphatic rings. The highest BCUT2D eigenvalue weighted by atomic mass is 35.5. The maximum atomic E-state index is 16.3. The number of hydrogen-bond donors (Lipinski definition) is 2. The number of aromatic nitrogens is 2. The summed E-state index contributed by atoms with van der Waals surface area (Å²) < 4.78 is 31.2. The third-order valence-electron chi connectivity index (χ3n) is 8.22. The molecule has 0 bridgehead atoms. The van der Waals surface area contributed by atoms with Crippen LogP contribution in [-0.2, 0) is 4.79 Å². The molecular weight excluding hydrogens is 550 g/mol. The van der Waals surface area contributed by atoms with Crippen molar-refractivity contribution in [1.82, 2.24) is 19.8 Å². The number of amides is 1. The molecular formula is C30H33ClF2N6O2. The lowest BCUT2D eigenvalue weighted by Crippen LogP contribution is -2.48. The minimum absolute atomic E-state index is 0.0187. The lowest BCUT2D eigenvalue weighted by Gasteiger charge is -2.36. The van der Waals surface area contributed by atoms with Gasteiger partial charge in [0, 0.05) is 56.3 Å². The van der Waals surface area contributed by atoms with Gasteiger partial charge in [-0.05, 0) is 62.4 Å². The molecule has 6 rings (SSSR count). The van der Waals surface area contributed by atoms with Gasteiger partial charge in [-0.15, -0.1) is 0 Å². The van der Waals surface area contributed by atoms with Gasteiger partial charge < -0.3 is 25.1 Å². The molecule has 1 unspecified atom stereocenters. The average molecular weight is 583 g/mol. The fourth-order valence-electron chi connectivity index (χ4n) is 5.93. The molecule has 0 spiro atoms. The average Bonchev–Trinajstić information content (AvgIpc) is 3.78. The highest BCUT2D eigenvalue weighted by molar-refractivity contribution is 6.34. The zero-order chi connectivity index (χ0) is 28.7. The molecule has 3 heterocycles. The summed E-state index contributed by atoms with van der Waals surface area (Å²) in [5.74, 6) is -0.636. The Hall–Kier alpha value is -3.50. The summed E-state index contributed by atoms with van der Waals surface area (Å²) in [6, 6.07) is 5.40. The Labute approximate surface area is 242 Å². The molecule has 41 heavy (non-hydrogen) atoms. The van der Waals surface area contributed by atoms with Crippen molar-refractivity contribution in [1.29, 1.82) is 0 Å². The lowest BCUT2D eigenvalue weighted by atomic mass is 10.0. The number of phenolic OH excluding ortho intramolecular Hbond substituents is 1. The third kappa shape index (κ3) is 5.67. The summed E-state index contributed by atoms with van der Waals surface area (Å²) in [5, 5.41) is 14.2. The van der Waals surface area contributed by atoms with Gasteiger partial charge >= 0.3 is 0 Å². The first-order valence-electron chi connectivity index (χ1n) is 14.1. The molecule has 1 aromatic heterocycles. The zero-order valence-corrected chi connectivity index (χ0v) is 23.5. The molecule has 1 amide bonds. The third-order valence-corrected chi connectivity index (χ3v) is 8.52. The first-order valence-corrected chi connectivity index (χ1v) is 14.5. The van der Waals surface area contributed by atoms with Crippen LogP contribution in [0.3, 0.4) is 0 Å². The second kappa shape index (κ2) is 11.4. The van der Waals surface area contributed by atoms with Crippen LogP contribution in [0.5, 0.6) is 5.75 Å². The summed E-state index contributed by atoms with van der Waals surface area (Å²) >= 11 is 6.56. The Bertz CT molecular complexity index is 1470. The topological polar surface area (TPSA) is 84.8 Å². The molecule has 11 heteroatoms. The molecule has 2 aliphatic heterocycles. The van der Waals surface area contributed by atoms with Crippen molar-refractivity contribution in [2.75, 3.05) is 56.0 Å². The summed E-state index contributed by atoms with van der Waals surface area (Å²) in [6.07, 6.45) is 5.87. The van der Waals surface area contributed by atoms with Crippen molar-refractivity contribution in [3.63, 3.8) is 0 Å². The first-order chi connectivity index (χ1) is 19.8. The molecule has 1 saturated carbocycles. The van der Waals surface area contributed by atoms with Crippen LogP contribution >= 0.6 is 11.6 Å². The molecule has 216 valence electrons. The van der Waals surface area contributed by atoms with Crippen molar-refractivity contribution in [3.05, 3.63) is 53.6 Å². The molecule has 8 nitrogen and oxygen atoms in total. The second-order valence-electron chi connectivity index (χ2n) is 11.2. The lowest BCUT2D eigenvalue weighted by molar-refractivity contribution is -0.126. The fraction of sp³-hybridized carbons (Fsp3) is 0.433. The number of piperidine rings is 1. The number of nitrogens with one attached hydrogen (secondary N) is 1. The van der Waals surface area contributed by atoms with Crippen LogP contribution < -0.4 is 10.2 Å². The Balaban J connectivity index is 1.40. The second-order valence-corrected chi connectivity index (χ2v) is 11.6. The van der Waals surface area contributed by atoms with Crippen LogP contribution in [-0.4, -0.2) is 82.6 Å². The highest BCUT2D eigenvalue weighted by Gasteiger charge is 2.30. The summed E-state index contributed by atoms with van der Waals surface area (Å²) in [6.45, 7) is 8.44. The summed E-state index contributed by atoms with van der Waals surface area (Å²) in [7, 11) is 0. The summed E-state index contributed by atoms with van der Waals surface area (Å²) in [4.78, 5) is 27.7. The van der Waals surface area contributed by atoms with Crippen LogP contribution in [0.1, 0.15) is 25.7 Å². The number of likely N-dealkylation sites (tertiary alicyclic amines) is 1. The van der Waals surface area contributed by atoms with Crippen molar-refractivity contribution in [3.8, 4) is 16.9 Å². The monoisotopic (exact) mass is 582 g/mol. The number of nitrogens with zero attached hydrogens (tertiary/aromatic N) is 5. The maximum absolute atomic E-state index is 16.3. The smallest absolute Gasteiger partial charge is 0.246 e. The van der Waals surface area contributed by atoms with Crippen LogP contribution in [0.4, 0.5) is 20.5 Å². The molecule has 2 saturated heterocycles. The SMILES string of the molecule is C=CC(=O)N1CCN(c2nc(NC3CCCN(CC4CC4)C3)nc3c(F)c(-c4c(O)cccc4F)c(Cl)cc23)CC1. The van der Waals surface area contributed by atoms with E-state index in [1.807, 2.05) is 4.90 Å². The number of phenols is 1. The van der Waals surface area contributed by atoms with Gasteiger partial charge in [-0.3, -0.25) is 4.79 Å². The number of halogens is 3. The number of carbonyl (C=O) groups is 1. The molecule has 3 fully saturated rings. The largest absolute Gasteiger partial charge is 0.507 e. The van der Waals surface area contributed by atoms with Crippen molar-refractivity contribution >= 4 is 40.2 Å². The number of fused-ring (bicyclic) bond motifs is 1. The standard InChI is InChI=1S/C30H33ClF2N6O2/c1-2-24(41)38-11-13-39(14-12-38)29-20-15-21(31)25(26-22(32)6-3-7-23(26)40)27(33)28(20)35-30(36-29)34-19-5-4-10-37(17-19)16-18-8-9-18/h2-3,6-7,15,18-19,40H,1,4-5,8-14,16-17H2,(H,34,35,36). The fourth-order valence-corrected chi connectivity index (χ4v) is 6.22. The highest BCUT2D eigenvalue weighted by Crippen LogP contribution is 2.42. The van der Waals surface area contributed by atoms with Gasteiger partial charge in [0.05, 0.1) is 10.6 Å². The van der Waals surface area contributed by atoms with Crippen LogP contribution in [0, 0.1) is 17.6 Å². The molecule has 1 atom stereocenters. The van der Waals surface area contributed by atoms with E-state index in [2.05, 4.69) is 21.8 Å². The van der Waals surface area contributed by atoms with E-state index in [9.17, 15) is 14.3 Å². The van der Waals surface area contributed by atoms with E-state index in [1.54, 1.807) is 4.90 Å². The molecule has 1 aliphatic carbocycles. The van der Waals surface area contributed by atoms with Gasteiger partial charge in [0.15, 0.2) is 5.82 Å². The van der Waals surface area contributed by atoms with E-state index >= 15 is 4.39 Å². The van der Waals surface area contributed by atoms with Crippen molar-refractivity contribution in [2.45, 2.75) is 31.7 Å². The predicted octanol–water partition coefficient (Wildman–Crippen LogP) is 5.05. The summed E-state index contributed by atoms with van der Waals surface area (Å²) in [5.41, 5.74) is -0.582. The van der Waals surface area contributed by atoms with Gasteiger partial charge in [0.2, 0.25) is 11.9 Å². The van der Waals surface area contributed by atoms with Crippen LogP contribution in [0.2, 0.25) is 5.02 Å².